The van der Waals surface area contributed by atoms with Crippen molar-refractivity contribution in [3.8, 4) is 0 Å². The largest absolute Gasteiger partial charge is 0.481 e. The third-order valence-corrected chi connectivity index (χ3v) is 9.59. The molecule has 42 heavy (non-hydrogen) atoms. The van der Waals surface area contributed by atoms with Gasteiger partial charge in [0.05, 0.1) is 6.04 Å². The van der Waals surface area contributed by atoms with E-state index in [1.807, 2.05) is 0 Å². The molecule has 8 nitrogen and oxygen atoms in total. The van der Waals surface area contributed by atoms with Crippen molar-refractivity contribution in [2.24, 2.45) is 0 Å². The van der Waals surface area contributed by atoms with Gasteiger partial charge in [-0.15, -0.1) is 0 Å². The Hall–Kier alpha value is -3.94. The number of aromatic nitrogens is 3. The molecule has 0 aliphatic carbocycles. The molecule has 2 aliphatic rings. The predicted molar refractivity (Wildman–Crippen MR) is 165 cm³/mol. The van der Waals surface area contributed by atoms with Crippen LogP contribution in [-0.4, -0.2) is 43.1 Å². The van der Waals surface area contributed by atoms with E-state index in [9.17, 15) is 19.8 Å². The van der Waals surface area contributed by atoms with Crippen LogP contribution in [0.4, 0.5) is 0 Å². The van der Waals surface area contributed by atoms with Crippen molar-refractivity contribution in [2.45, 2.75) is 105 Å². The lowest BCUT2D eigenvalue weighted by Crippen LogP contribution is -2.27. The zero-order valence-electron chi connectivity index (χ0n) is 25.7. The first kappa shape index (κ1) is 29.5. The number of allylic oxidation sites excluding steroid dienone is 1. The molecule has 0 saturated carbocycles. The smallest absolute Gasteiger partial charge is 0.303 e. The highest BCUT2D eigenvalue weighted by Crippen LogP contribution is 2.35. The van der Waals surface area contributed by atoms with E-state index in [0.29, 0.717) is 19.3 Å². The van der Waals surface area contributed by atoms with Crippen molar-refractivity contribution in [1.29, 1.82) is 0 Å². The van der Waals surface area contributed by atoms with Crippen LogP contribution in [0.5, 0.6) is 0 Å². The molecule has 0 saturated heterocycles. The van der Waals surface area contributed by atoms with Crippen molar-refractivity contribution in [3.05, 3.63) is 84.4 Å². The van der Waals surface area contributed by atoms with Gasteiger partial charge >= 0.3 is 11.9 Å². The first-order chi connectivity index (χ1) is 20.0. The fourth-order valence-corrected chi connectivity index (χ4v) is 7.19. The molecule has 6 N–H and O–H groups in total. The number of rotatable bonds is 8. The molecule has 8 bridgehead atoms. The van der Waals surface area contributed by atoms with Gasteiger partial charge in [-0.3, -0.25) is 9.59 Å². The summed E-state index contributed by atoms with van der Waals surface area (Å²) in [6.45, 7) is 13.0. The molecular formula is C34H44N4O4. The third kappa shape index (κ3) is 5.46. The minimum absolute atomic E-state index is 0.0645. The number of H-pyrrole nitrogens is 3. The molecule has 2 aliphatic heterocycles. The van der Waals surface area contributed by atoms with Gasteiger partial charge in [0.25, 0.3) is 0 Å². The summed E-state index contributed by atoms with van der Waals surface area (Å²) < 4.78 is 0. The monoisotopic (exact) mass is 572 g/mol. The zero-order valence-corrected chi connectivity index (χ0v) is 25.7. The van der Waals surface area contributed by atoms with Crippen LogP contribution in [-0.2, 0) is 48.1 Å². The van der Waals surface area contributed by atoms with E-state index in [2.05, 4.69) is 67.9 Å². The summed E-state index contributed by atoms with van der Waals surface area (Å²) in [6.07, 6.45) is 7.24. The summed E-state index contributed by atoms with van der Waals surface area (Å²) >= 11 is 0. The summed E-state index contributed by atoms with van der Waals surface area (Å²) in [4.78, 5) is 34.4. The minimum Gasteiger partial charge on any atom is -0.481 e. The lowest BCUT2D eigenvalue weighted by molar-refractivity contribution is -0.138. The SMILES string of the molecule is CCc1c2[nH]c(c1C)/C=C1\NC(Cc3[nH]c(c(C)c3CCC(=O)O)Cc3[nH]c(c(C)c3CC)C2)C(CCC(=O)O)=C1C. The summed E-state index contributed by atoms with van der Waals surface area (Å²) in [5.41, 5.74) is 17.5. The average Bonchev–Trinajstić information content (AvgIpc) is 3.59. The van der Waals surface area contributed by atoms with Crippen LogP contribution in [0.25, 0.3) is 6.08 Å². The van der Waals surface area contributed by atoms with Crippen LogP contribution in [0, 0.1) is 20.8 Å². The van der Waals surface area contributed by atoms with E-state index in [-0.39, 0.29) is 18.9 Å². The highest BCUT2D eigenvalue weighted by molar-refractivity contribution is 5.69. The van der Waals surface area contributed by atoms with E-state index in [0.717, 1.165) is 70.7 Å². The number of carboxylic acid groups (broad SMARTS) is 2. The molecule has 3 aromatic heterocycles. The highest BCUT2D eigenvalue weighted by atomic mass is 16.4. The van der Waals surface area contributed by atoms with E-state index in [4.69, 9.17) is 0 Å². The van der Waals surface area contributed by atoms with Gasteiger partial charge < -0.3 is 30.5 Å². The van der Waals surface area contributed by atoms with Gasteiger partial charge in [0, 0.05) is 72.0 Å². The number of carbonyl (C=O) groups is 2. The molecule has 0 spiro atoms. The molecular weight excluding hydrogens is 528 g/mol. The lowest BCUT2D eigenvalue weighted by Gasteiger charge is -2.17. The van der Waals surface area contributed by atoms with Gasteiger partial charge in [-0.05, 0) is 104 Å². The Kier molecular flexibility index (Phi) is 8.26. The van der Waals surface area contributed by atoms with Crippen LogP contribution in [0.15, 0.2) is 16.8 Å². The Labute approximate surface area is 247 Å². The van der Waals surface area contributed by atoms with Crippen LogP contribution in [0.1, 0.15) is 108 Å². The topological polar surface area (TPSA) is 134 Å². The molecule has 0 amide bonds. The fourth-order valence-electron chi connectivity index (χ4n) is 7.19. The molecule has 8 heteroatoms. The molecule has 1 atom stereocenters. The molecule has 224 valence electrons. The minimum atomic E-state index is -0.812. The summed E-state index contributed by atoms with van der Waals surface area (Å²) in [5.74, 6) is -1.62. The van der Waals surface area contributed by atoms with Gasteiger partial charge in [-0.2, -0.15) is 0 Å². The summed E-state index contributed by atoms with van der Waals surface area (Å²) in [5, 5.41) is 22.7. The molecule has 0 radical (unpaired) electrons. The Morgan fingerprint density at radius 3 is 1.90 bits per heavy atom. The molecule has 1 unspecified atom stereocenters. The number of hydrogen-bond donors (Lipinski definition) is 6. The van der Waals surface area contributed by atoms with Gasteiger partial charge in [-0.1, -0.05) is 13.8 Å². The first-order valence-corrected chi connectivity index (χ1v) is 15.2. The van der Waals surface area contributed by atoms with Gasteiger partial charge in [0.1, 0.15) is 0 Å². The van der Waals surface area contributed by atoms with Crippen molar-refractivity contribution < 1.29 is 19.8 Å². The number of carboxylic acids is 2. The number of aliphatic carboxylic acids is 2. The summed E-state index contributed by atoms with van der Waals surface area (Å²) in [6, 6.07) is -0.0797. The van der Waals surface area contributed by atoms with Crippen LogP contribution < -0.4 is 5.32 Å². The fraction of sp³-hybridized carbons (Fsp3) is 0.471. The lowest BCUT2D eigenvalue weighted by atomic mass is 9.94. The molecule has 0 aromatic carbocycles. The zero-order chi connectivity index (χ0) is 30.3. The highest BCUT2D eigenvalue weighted by Gasteiger charge is 2.30. The second-order valence-corrected chi connectivity index (χ2v) is 11.9. The van der Waals surface area contributed by atoms with Crippen LogP contribution >= 0.6 is 0 Å². The van der Waals surface area contributed by atoms with Gasteiger partial charge in [0.15, 0.2) is 0 Å². The first-order valence-electron chi connectivity index (χ1n) is 15.2. The second-order valence-electron chi connectivity index (χ2n) is 11.9. The second kappa shape index (κ2) is 11.7. The van der Waals surface area contributed by atoms with Crippen molar-refractivity contribution in [3.63, 3.8) is 0 Å². The number of fused-ring (bicyclic) bond motifs is 8. The van der Waals surface area contributed by atoms with Crippen molar-refractivity contribution in [1.82, 2.24) is 20.3 Å². The normalized spacial score (nSPS) is 17.8. The maximum Gasteiger partial charge on any atom is 0.303 e. The van der Waals surface area contributed by atoms with Crippen molar-refractivity contribution >= 4 is 18.0 Å². The van der Waals surface area contributed by atoms with Crippen LogP contribution in [0.2, 0.25) is 0 Å². The van der Waals surface area contributed by atoms with E-state index in [1.165, 1.54) is 39.3 Å². The van der Waals surface area contributed by atoms with Crippen molar-refractivity contribution in [2.75, 3.05) is 0 Å². The quantitative estimate of drug-likeness (QED) is 0.198. The Bertz CT molecular complexity index is 1610. The van der Waals surface area contributed by atoms with Gasteiger partial charge in [0.2, 0.25) is 0 Å². The summed E-state index contributed by atoms with van der Waals surface area (Å²) in [7, 11) is 0. The van der Waals surface area contributed by atoms with Gasteiger partial charge in [-0.25, -0.2) is 0 Å². The predicted octanol–water partition coefficient (Wildman–Crippen LogP) is 5.97. The molecule has 3 aromatic rings. The maximum atomic E-state index is 11.6. The molecule has 5 rings (SSSR count). The molecule has 0 fully saturated rings. The number of hydrogen-bond acceptors (Lipinski definition) is 3. The standard InChI is InChI=1S/C34H44N4O4/c1-7-21-17(3)25-13-26-19(5)23(9-11-33(39)40)31(37-26)16-32-24(10-12-34(41)42)20(6)28(38-32)15-30-22(8-2)18(4)27(36-30)14-29(21)35-25/h13,31,35-38H,7-12,14-16H2,1-6H3,(H,39,40)(H,41,42)/b26-13-. The van der Waals surface area contributed by atoms with E-state index >= 15 is 0 Å². The van der Waals surface area contributed by atoms with Crippen LogP contribution in [0.3, 0.4) is 0 Å². The van der Waals surface area contributed by atoms with E-state index < -0.39 is 11.9 Å². The molecule has 5 heterocycles. The number of nitrogens with one attached hydrogen (secondary N) is 4. The number of aromatic amines is 3. The Morgan fingerprint density at radius 1 is 0.738 bits per heavy atom. The average molecular weight is 573 g/mol. The Balaban J connectivity index is 1.70. The van der Waals surface area contributed by atoms with E-state index in [1.54, 1.807) is 0 Å². The Morgan fingerprint density at radius 2 is 1.29 bits per heavy atom. The third-order valence-electron chi connectivity index (χ3n) is 9.59. The maximum absolute atomic E-state index is 11.6.